The minimum atomic E-state index is -4.92. The van der Waals surface area contributed by atoms with Gasteiger partial charge in [-0.25, -0.2) is 4.79 Å². The summed E-state index contributed by atoms with van der Waals surface area (Å²) in [7, 11) is 1.22. The van der Waals surface area contributed by atoms with Crippen molar-refractivity contribution in [2.45, 2.75) is 52.8 Å². The van der Waals surface area contributed by atoms with Gasteiger partial charge in [-0.2, -0.15) is 13.2 Å². The molecule has 1 unspecified atom stereocenters. The fourth-order valence-corrected chi connectivity index (χ4v) is 2.67. The summed E-state index contributed by atoms with van der Waals surface area (Å²) < 4.78 is 42.8. The Hall–Kier alpha value is -1.53. The number of methoxy groups -OCH3 is 1. The lowest BCUT2D eigenvalue weighted by Crippen LogP contribution is -2.47. The van der Waals surface area contributed by atoms with Crippen LogP contribution in [0.15, 0.2) is 11.3 Å². The molecule has 0 amide bonds. The molecule has 1 atom stereocenters. The van der Waals surface area contributed by atoms with Crippen molar-refractivity contribution in [2.75, 3.05) is 7.11 Å². The van der Waals surface area contributed by atoms with Crippen LogP contribution < -0.4 is 5.32 Å². The van der Waals surface area contributed by atoms with Crippen LogP contribution in [0.25, 0.3) is 0 Å². The summed E-state index contributed by atoms with van der Waals surface area (Å²) in [6.45, 7) is 6.93. The number of hydrogen-bond acceptors (Lipinski definition) is 4. The molecular weight excluding hydrogens is 299 g/mol. The molecule has 0 saturated heterocycles. The van der Waals surface area contributed by atoms with Crippen molar-refractivity contribution < 1.29 is 27.5 Å². The van der Waals surface area contributed by atoms with E-state index in [4.69, 9.17) is 0 Å². The average molecular weight is 321 g/mol. The molecule has 0 aromatic heterocycles. The molecule has 0 heterocycles. The standard InChI is InChI=1S/C15H22F3NO3/c1-8(2)6-9(13(21)22-5)19-10-7-14(3,4)11(10)12(20)15(16,17)18/h8-9,19H,6-7H2,1-5H3. The van der Waals surface area contributed by atoms with Gasteiger partial charge in [0.1, 0.15) is 6.04 Å². The first-order valence-electron chi connectivity index (χ1n) is 7.09. The number of ketones is 1. The first-order valence-corrected chi connectivity index (χ1v) is 7.09. The maximum absolute atomic E-state index is 12.7. The van der Waals surface area contributed by atoms with Gasteiger partial charge in [-0.3, -0.25) is 4.79 Å². The minimum absolute atomic E-state index is 0.145. The number of halogens is 3. The Balaban J connectivity index is 3.06. The van der Waals surface area contributed by atoms with Gasteiger partial charge in [-0.15, -0.1) is 0 Å². The number of ether oxygens (including phenoxy) is 1. The lowest BCUT2D eigenvalue weighted by atomic mass is 9.67. The maximum atomic E-state index is 12.7. The number of allylic oxidation sites excluding steroid dienone is 2. The Kier molecular flexibility index (Phi) is 5.30. The molecule has 0 bridgehead atoms. The molecule has 0 aromatic rings. The molecule has 0 saturated carbocycles. The van der Waals surface area contributed by atoms with E-state index in [1.54, 1.807) is 13.8 Å². The predicted molar refractivity (Wildman–Crippen MR) is 74.9 cm³/mol. The van der Waals surface area contributed by atoms with E-state index in [2.05, 4.69) is 10.1 Å². The van der Waals surface area contributed by atoms with Gasteiger partial charge in [0, 0.05) is 16.7 Å². The van der Waals surface area contributed by atoms with Crippen LogP contribution in [0.2, 0.25) is 0 Å². The number of hydrogen-bond donors (Lipinski definition) is 1. The summed E-state index contributed by atoms with van der Waals surface area (Å²) in [6, 6.07) is -0.757. The molecule has 1 aliphatic rings. The van der Waals surface area contributed by atoms with Gasteiger partial charge in [0.05, 0.1) is 7.11 Å². The second-order valence-corrected chi connectivity index (χ2v) is 6.59. The predicted octanol–water partition coefficient (Wildman–Crippen LogP) is 2.98. The zero-order valence-corrected chi connectivity index (χ0v) is 13.4. The Morgan fingerprint density at radius 1 is 1.32 bits per heavy atom. The third kappa shape index (κ3) is 4.01. The fourth-order valence-electron chi connectivity index (χ4n) is 2.67. The van der Waals surface area contributed by atoms with Crippen LogP contribution >= 0.6 is 0 Å². The molecule has 0 aliphatic heterocycles. The normalized spacial score (nSPS) is 18.8. The van der Waals surface area contributed by atoms with E-state index >= 15 is 0 Å². The molecular formula is C15H22F3NO3. The summed E-state index contributed by atoms with van der Waals surface area (Å²) in [5, 5.41) is 2.78. The van der Waals surface area contributed by atoms with E-state index < -0.39 is 29.4 Å². The van der Waals surface area contributed by atoms with Crippen LogP contribution in [-0.4, -0.2) is 31.1 Å². The summed E-state index contributed by atoms with van der Waals surface area (Å²) >= 11 is 0. The first kappa shape index (κ1) is 18.5. The van der Waals surface area contributed by atoms with Crippen LogP contribution in [0.4, 0.5) is 13.2 Å². The monoisotopic (exact) mass is 321 g/mol. The molecule has 1 N–H and O–H groups in total. The van der Waals surface area contributed by atoms with Gasteiger partial charge in [-0.1, -0.05) is 27.7 Å². The Morgan fingerprint density at radius 2 is 1.86 bits per heavy atom. The lowest BCUT2D eigenvalue weighted by molar-refractivity contribution is -0.168. The van der Waals surface area contributed by atoms with E-state index in [9.17, 15) is 22.8 Å². The number of carbonyl (C=O) groups is 2. The zero-order valence-electron chi connectivity index (χ0n) is 13.4. The van der Waals surface area contributed by atoms with E-state index in [0.29, 0.717) is 6.42 Å². The van der Waals surface area contributed by atoms with Gasteiger partial charge in [-0.05, 0) is 18.8 Å². The van der Waals surface area contributed by atoms with Crippen molar-refractivity contribution in [1.29, 1.82) is 0 Å². The molecule has 1 rings (SSSR count). The second-order valence-electron chi connectivity index (χ2n) is 6.59. The highest BCUT2D eigenvalue weighted by Gasteiger charge is 2.51. The number of esters is 1. The molecule has 4 nitrogen and oxygen atoms in total. The van der Waals surface area contributed by atoms with Crippen LogP contribution in [0.1, 0.15) is 40.5 Å². The van der Waals surface area contributed by atoms with E-state index in [-0.39, 0.29) is 23.6 Å². The molecule has 0 spiro atoms. The largest absolute Gasteiger partial charge is 0.467 e. The number of alkyl halides is 3. The zero-order chi connectivity index (χ0) is 17.3. The molecule has 0 aromatic carbocycles. The second kappa shape index (κ2) is 6.30. The summed E-state index contributed by atoms with van der Waals surface area (Å²) in [6.07, 6.45) is -4.22. The van der Waals surface area contributed by atoms with Crippen molar-refractivity contribution in [3.8, 4) is 0 Å². The van der Waals surface area contributed by atoms with E-state index in [0.717, 1.165) is 0 Å². The molecule has 7 heteroatoms. The third-order valence-corrected chi connectivity index (χ3v) is 3.62. The number of rotatable bonds is 6. The summed E-state index contributed by atoms with van der Waals surface area (Å²) in [5.74, 6) is -2.25. The van der Waals surface area contributed by atoms with Gasteiger partial charge in [0.15, 0.2) is 0 Å². The van der Waals surface area contributed by atoms with Gasteiger partial charge < -0.3 is 10.1 Å². The van der Waals surface area contributed by atoms with Crippen molar-refractivity contribution in [3.63, 3.8) is 0 Å². The van der Waals surface area contributed by atoms with Gasteiger partial charge in [0.2, 0.25) is 0 Å². The maximum Gasteiger partial charge on any atom is 0.454 e. The number of nitrogens with one attached hydrogen (secondary N) is 1. The highest BCUT2D eigenvalue weighted by molar-refractivity contribution is 6.02. The number of Topliss-reactive ketones (excluding diaryl/α,β-unsaturated/α-hetero) is 1. The van der Waals surface area contributed by atoms with Crippen molar-refractivity contribution >= 4 is 11.8 Å². The van der Waals surface area contributed by atoms with Gasteiger partial charge in [0.25, 0.3) is 5.78 Å². The van der Waals surface area contributed by atoms with E-state index in [1.165, 1.54) is 7.11 Å². The van der Waals surface area contributed by atoms with Crippen LogP contribution in [0.5, 0.6) is 0 Å². The fraction of sp³-hybridized carbons (Fsp3) is 0.733. The molecule has 22 heavy (non-hydrogen) atoms. The highest BCUT2D eigenvalue weighted by atomic mass is 19.4. The third-order valence-electron chi connectivity index (χ3n) is 3.62. The molecule has 1 aliphatic carbocycles. The number of carbonyl (C=O) groups excluding carboxylic acids is 2. The van der Waals surface area contributed by atoms with Crippen LogP contribution in [-0.2, 0) is 14.3 Å². The van der Waals surface area contributed by atoms with Crippen LogP contribution in [0, 0.1) is 11.3 Å². The first-order chi connectivity index (χ1) is 9.90. The smallest absolute Gasteiger partial charge is 0.454 e. The Bertz CT molecular complexity index is 493. The molecule has 0 fully saturated rings. The SMILES string of the molecule is COC(=O)C(CC(C)C)NC1=C(C(=O)C(F)(F)F)C(C)(C)C1. The summed E-state index contributed by atoms with van der Waals surface area (Å²) in [4.78, 5) is 23.3. The van der Waals surface area contributed by atoms with Crippen molar-refractivity contribution in [3.05, 3.63) is 11.3 Å². The Labute approximate surface area is 128 Å². The quantitative estimate of drug-likeness (QED) is 0.764. The van der Waals surface area contributed by atoms with Crippen LogP contribution in [0.3, 0.4) is 0 Å². The van der Waals surface area contributed by atoms with Crippen molar-refractivity contribution in [2.24, 2.45) is 11.3 Å². The van der Waals surface area contributed by atoms with Crippen molar-refractivity contribution in [1.82, 2.24) is 5.32 Å². The molecule has 126 valence electrons. The molecule has 0 radical (unpaired) electrons. The summed E-state index contributed by atoms with van der Waals surface area (Å²) in [5.41, 5.74) is -0.964. The van der Waals surface area contributed by atoms with Gasteiger partial charge >= 0.3 is 12.1 Å². The lowest BCUT2D eigenvalue weighted by Gasteiger charge is -2.41. The average Bonchev–Trinajstić information content (AvgIpc) is 2.33. The Morgan fingerprint density at radius 3 is 2.23 bits per heavy atom. The van der Waals surface area contributed by atoms with E-state index in [1.807, 2.05) is 13.8 Å². The highest BCUT2D eigenvalue weighted by Crippen LogP contribution is 2.47. The topological polar surface area (TPSA) is 55.4 Å². The minimum Gasteiger partial charge on any atom is -0.467 e.